The van der Waals surface area contributed by atoms with E-state index in [1.165, 1.54) is 0 Å². The average molecular weight is 258 g/mol. The number of alkyl halides is 2. The zero-order valence-electron chi connectivity index (χ0n) is 7.12. The minimum Gasteiger partial charge on any atom is -0.384 e. The smallest absolute Gasteiger partial charge is 0.268 e. The van der Waals surface area contributed by atoms with E-state index in [9.17, 15) is 17.2 Å². The number of aromatic nitrogens is 1. The Labute approximate surface area is 88.5 Å². The molecule has 1 aromatic rings. The van der Waals surface area contributed by atoms with E-state index in [0.29, 0.717) is 0 Å². The minimum absolute atomic E-state index is 0.295. The molecule has 0 aromatic carbocycles. The van der Waals surface area contributed by atoms with Gasteiger partial charge in [-0.3, -0.25) is 0 Å². The van der Waals surface area contributed by atoms with Crippen LogP contribution in [0.5, 0.6) is 0 Å². The number of anilines is 2. The van der Waals surface area contributed by atoms with E-state index >= 15 is 0 Å². The van der Waals surface area contributed by atoms with Crippen molar-refractivity contribution < 1.29 is 17.2 Å². The topological polar surface area (TPSA) is 99.1 Å². The predicted octanol–water partition coefficient (Wildman–Crippen LogP) is 1.11. The van der Waals surface area contributed by atoms with Crippen LogP contribution in [0.1, 0.15) is 12.0 Å². The molecule has 0 bridgehead atoms. The summed E-state index contributed by atoms with van der Waals surface area (Å²) in [5, 5.41) is 0. The summed E-state index contributed by atoms with van der Waals surface area (Å²) in [5.74, 6) is -0.944. The predicted molar refractivity (Wildman–Crippen MR) is 51.1 cm³/mol. The lowest BCUT2D eigenvalue weighted by Crippen LogP contribution is -2.07. The van der Waals surface area contributed by atoms with Crippen LogP contribution >= 0.6 is 10.7 Å². The Morgan fingerprint density at radius 1 is 1.40 bits per heavy atom. The standard InChI is InChI=1S/C6H6ClF2N3O2S/c7-15(13,14)2-1-3(10)12-6(11)4(2)5(8)9/h1,5H,(H4,10,11,12). The Balaban J connectivity index is 3.62. The molecule has 0 amide bonds. The van der Waals surface area contributed by atoms with Crippen LogP contribution in [0.15, 0.2) is 11.0 Å². The lowest BCUT2D eigenvalue weighted by atomic mass is 10.2. The van der Waals surface area contributed by atoms with Crippen LogP contribution in [0.4, 0.5) is 20.4 Å². The Hall–Kier alpha value is -1.15. The second kappa shape index (κ2) is 3.78. The average Bonchev–Trinajstić information content (AvgIpc) is 1.99. The quantitative estimate of drug-likeness (QED) is 0.773. The highest BCUT2D eigenvalue weighted by atomic mass is 35.7. The number of pyridine rings is 1. The van der Waals surface area contributed by atoms with Gasteiger partial charge in [0, 0.05) is 16.7 Å². The number of nitrogens with two attached hydrogens (primary N) is 2. The van der Waals surface area contributed by atoms with E-state index < -0.39 is 31.8 Å². The Morgan fingerprint density at radius 2 is 1.93 bits per heavy atom. The van der Waals surface area contributed by atoms with Crippen molar-refractivity contribution in [3.63, 3.8) is 0 Å². The number of hydrogen-bond acceptors (Lipinski definition) is 5. The van der Waals surface area contributed by atoms with Crippen molar-refractivity contribution in [1.82, 2.24) is 4.98 Å². The first-order valence-corrected chi connectivity index (χ1v) is 5.83. The number of nitrogens with zero attached hydrogens (tertiary/aromatic N) is 1. The minimum atomic E-state index is -4.33. The van der Waals surface area contributed by atoms with Gasteiger partial charge in [-0.15, -0.1) is 0 Å². The molecule has 0 saturated heterocycles. The summed E-state index contributed by atoms with van der Waals surface area (Å²) in [6.07, 6.45) is -3.10. The van der Waals surface area contributed by atoms with E-state index in [-0.39, 0.29) is 5.82 Å². The van der Waals surface area contributed by atoms with Crippen molar-refractivity contribution in [2.45, 2.75) is 11.3 Å². The summed E-state index contributed by atoms with van der Waals surface area (Å²) in [6, 6.07) is 0.736. The van der Waals surface area contributed by atoms with Crippen LogP contribution in [-0.4, -0.2) is 13.4 Å². The first-order valence-electron chi connectivity index (χ1n) is 3.52. The Kier molecular flexibility index (Phi) is 3.00. The normalized spacial score (nSPS) is 12.0. The summed E-state index contributed by atoms with van der Waals surface area (Å²) < 4.78 is 46.8. The Morgan fingerprint density at radius 3 is 2.33 bits per heavy atom. The largest absolute Gasteiger partial charge is 0.384 e. The maximum atomic E-state index is 12.5. The maximum absolute atomic E-state index is 12.5. The van der Waals surface area contributed by atoms with E-state index in [1.807, 2.05) is 0 Å². The molecule has 0 radical (unpaired) electrons. The van der Waals surface area contributed by atoms with Crippen LogP contribution in [0, 0.1) is 0 Å². The number of halogens is 3. The fourth-order valence-electron chi connectivity index (χ4n) is 0.991. The van der Waals surface area contributed by atoms with Crippen LogP contribution in [0.3, 0.4) is 0 Å². The molecule has 0 atom stereocenters. The molecule has 4 N–H and O–H groups in total. The van der Waals surface area contributed by atoms with Crippen LogP contribution < -0.4 is 11.5 Å². The molecule has 15 heavy (non-hydrogen) atoms. The molecule has 1 aromatic heterocycles. The summed E-state index contributed by atoms with van der Waals surface area (Å²) in [6.45, 7) is 0. The first-order chi connectivity index (χ1) is 6.73. The fourth-order valence-corrected chi connectivity index (χ4v) is 2.09. The molecule has 0 aliphatic heterocycles. The third-order valence-corrected chi connectivity index (χ3v) is 2.91. The van der Waals surface area contributed by atoms with Gasteiger partial charge in [0.25, 0.3) is 15.5 Å². The van der Waals surface area contributed by atoms with Gasteiger partial charge in [0.1, 0.15) is 11.6 Å². The fraction of sp³-hybridized carbons (Fsp3) is 0.167. The summed E-state index contributed by atoms with van der Waals surface area (Å²) >= 11 is 0. The molecular formula is C6H6ClF2N3O2S. The van der Waals surface area contributed by atoms with Gasteiger partial charge in [0.2, 0.25) is 0 Å². The zero-order chi connectivity index (χ0) is 11.8. The van der Waals surface area contributed by atoms with Gasteiger partial charge >= 0.3 is 0 Å². The van der Waals surface area contributed by atoms with Crippen molar-refractivity contribution in [2.75, 3.05) is 11.5 Å². The molecule has 0 aliphatic rings. The highest BCUT2D eigenvalue weighted by Gasteiger charge is 2.25. The summed E-state index contributed by atoms with van der Waals surface area (Å²) in [7, 11) is 0.620. The summed E-state index contributed by atoms with van der Waals surface area (Å²) in [5.41, 5.74) is 9.36. The first kappa shape index (κ1) is 11.9. The SMILES string of the molecule is Nc1cc(S(=O)(=O)Cl)c(C(F)F)c(N)n1. The molecule has 1 rings (SSSR count). The van der Waals surface area contributed by atoms with Gasteiger partial charge in [-0.25, -0.2) is 22.2 Å². The number of hydrogen-bond donors (Lipinski definition) is 2. The maximum Gasteiger partial charge on any atom is 0.268 e. The van der Waals surface area contributed by atoms with Gasteiger partial charge in [0.05, 0.1) is 10.5 Å². The van der Waals surface area contributed by atoms with Gasteiger partial charge in [-0.1, -0.05) is 0 Å². The lowest BCUT2D eigenvalue weighted by Gasteiger charge is -2.09. The van der Waals surface area contributed by atoms with Crippen molar-refractivity contribution in [3.05, 3.63) is 11.6 Å². The third-order valence-electron chi connectivity index (χ3n) is 1.55. The molecule has 0 saturated carbocycles. The lowest BCUT2D eigenvalue weighted by molar-refractivity contribution is 0.148. The third kappa shape index (κ3) is 2.45. The highest BCUT2D eigenvalue weighted by molar-refractivity contribution is 8.13. The van der Waals surface area contributed by atoms with Crippen molar-refractivity contribution >= 4 is 31.4 Å². The van der Waals surface area contributed by atoms with Crippen molar-refractivity contribution in [2.24, 2.45) is 0 Å². The van der Waals surface area contributed by atoms with E-state index in [1.54, 1.807) is 0 Å². The molecule has 9 heteroatoms. The molecular weight excluding hydrogens is 252 g/mol. The number of nitrogen functional groups attached to an aromatic ring is 2. The molecule has 0 fully saturated rings. The van der Waals surface area contributed by atoms with Gasteiger partial charge in [-0.2, -0.15) is 0 Å². The zero-order valence-corrected chi connectivity index (χ0v) is 8.69. The second-order valence-corrected chi connectivity index (χ2v) is 5.12. The van der Waals surface area contributed by atoms with Crippen molar-refractivity contribution in [1.29, 1.82) is 0 Å². The van der Waals surface area contributed by atoms with Crippen LogP contribution in [0.25, 0.3) is 0 Å². The summed E-state index contributed by atoms with van der Waals surface area (Å²) in [4.78, 5) is 2.51. The molecule has 0 aliphatic carbocycles. The van der Waals surface area contributed by atoms with E-state index in [2.05, 4.69) is 4.98 Å². The molecule has 84 valence electrons. The Bertz CT molecular complexity index is 491. The van der Waals surface area contributed by atoms with Crippen molar-refractivity contribution in [3.8, 4) is 0 Å². The van der Waals surface area contributed by atoms with Gasteiger partial charge in [-0.05, 0) is 0 Å². The van der Waals surface area contributed by atoms with Crippen LogP contribution in [-0.2, 0) is 9.05 Å². The van der Waals surface area contributed by atoms with Gasteiger partial charge in [0.15, 0.2) is 0 Å². The molecule has 5 nitrogen and oxygen atoms in total. The number of rotatable bonds is 2. The van der Waals surface area contributed by atoms with Gasteiger partial charge < -0.3 is 11.5 Å². The second-order valence-electron chi connectivity index (χ2n) is 2.58. The van der Waals surface area contributed by atoms with E-state index in [4.69, 9.17) is 22.1 Å². The monoisotopic (exact) mass is 257 g/mol. The molecule has 0 spiro atoms. The molecule has 1 heterocycles. The van der Waals surface area contributed by atoms with Crippen LogP contribution in [0.2, 0.25) is 0 Å². The van der Waals surface area contributed by atoms with E-state index in [0.717, 1.165) is 6.07 Å². The highest BCUT2D eigenvalue weighted by Crippen LogP contribution is 2.33. The molecule has 0 unspecified atom stereocenters.